The Hall–Kier alpha value is -2.42. The first-order valence-electron chi connectivity index (χ1n) is 8.97. The highest BCUT2D eigenvalue weighted by molar-refractivity contribution is 7.86. The number of carbonyl (C=O) groups is 1. The number of rotatable bonds is 6. The molecule has 28 heavy (non-hydrogen) atoms. The average Bonchev–Trinajstić information content (AvgIpc) is 3.09. The first-order chi connectivity index (χ1) is 13.4. The number of likely N-dealkylation sites (tertiary alicyclic amines) is 1. The van der Waals surface area contributed by atoms with Crippen molar-refractivity contribution in [2.75, 3.05) is 13.2 Å². The number of nitrogens with zero attached hydrogens (tertiary/aromatic N) is 1. The Labute approximate surface area is 164 Å². The minimum atomic E-state index is -3.96. The van der Waals surface area contributed by atoms with Crippen molar-refractivity contribution in [1.29, 1.82) is 0 Å². The minimum absolute atomic E-state index is 0.0317. The summed E-state index contributed by atoms with van der Waals surface area (Å²) >= 11 is 0. The maximum Gasteiger partial charge on any atom is 0.410 e. The van der Waals surface area contributed by atoms with E-state index >= 15 is 0 Å². The molecule has 0 bridgehead atoms. The van der Waals surface area contributed by atoms with Gasteiger partial charge in [0.2, 0.25) is 0 Å². The van der Waals surface area contributed by atoms with Gasteiger partial charge in [-0.2, -0.15) is 8.42 Å². The number of amides is 1. The summed E-state index contributed by atoms with van der Waals surface area (Å²) in [5.41, 5.74) is 1.78. The van der Waals surface area contributed by atoms with E-state index in [0.717, 1.165) is 11.1 Å². The fourth-order valence-corrected chi connectivity index (χ4v) is 4.16. The third kappa shape index (κ3) is 4.89. The second-order valence-electron chi connectivity index (χ2n) is 6.75. The van der Waals surface area contributed by atoms with Gasteiger partial charge in [0.25, 0.3) is 10.1 Å². The van der Waals surface area contributed by atoms with Crippen LogP contribution in [0.15, 0.2) is 59.5 Å². The van der Waals surface area contributed by atoms with E-state index in [0.29, 0.717) is 0 Å². The van der Waals surface area contributed by atoms with E-state index in [-0.39, 0.29) is 31.1 Å². The zero-order valence-corrected chi connectivity index (χ0v) is 16.3. The molecule has 2 unspecified atom stereocenters. The molecule has 1 fully saturated rings. The molecule has 0 spiro atoms. The number of carbonyl (C=O) groups excluding carboxylic acids is 1. The first-order valence-corrected chi connectivity index (χ1v) is 10.4. The number of hydrogen-bond acceptors (Lipinski definition) is 6. The van der Waals surface area contributed by atoms with Crippen molar-refractivity contribution in [2.24, 2.45) is 0 Å². The standard InChI is InChI=1S/C20H23NO6S/c1-15-7-9-19(10-8-15)28(24,25)27-18-11-17(13-22)21(12-18)20(23)26-14-16-5-3-2-4-6-16/h2-10,17-18,22H,11-14H2,1H3. The molecule has 2 atom stereocenters. The zero-order chi connectivity index (χ0) is 20.1. The Morgan fingerprint density at radius 3 is 2.46 bits per heavy atom. The second kappa shape index (κ2) is 8.72. The van der Waals surface area contributed by atoms with Crippen LogP contribution in [0, 0.1) is 6.92 Å². The molecule has 1 aliphatic heterocycles. The first kappa shape index (κ1) is 20.3. The zero-order valence-electron chi connectivity index (χ0n) is 15.5. The van der Waals surface area contributed by atoms with Gasteiger partial charge in [-0.3, -0.25) is 4.18 Å². The molecule has 8 heteroatoms. The summed E-state index contributed by atoms with van der Waals surface area (Å²) < 4.78 is 35.5. The van der Waals surface area contributed by atoms with Gasteiger partial charge in [-0.1, -0.05) is 48.0 Å². The monoisotopic (exact) mass is 405 g/mol. The van der Waals surface area contributed by atoms with Crippen LogP contribution < -0.4 is 0 Å². The molecule has 1 heterocycles. The van der Waals surface area contributed by atoms with Gasteiger partial charge in [-0.25, -0.2) is 4.79 Å². The Morgan fingerprint density at radius 2 is 1.82 bits per heavy atom. The lowest BCUT2D eigenvalue weighted by atomic mass is 10.2. The van der Waals surface area contributed by atoms with Gasteiger partial charge >= 0.3 is 6.09 Å². The van der Waals surface area contributed by atoms with Gasteiger partial charge in [-0.05, 0) is 31.0 Å². The van der Waals surface area contributed by atoms with Crippen molar-refractivity contribution in [3.8, 4) is 0 Å². The topological polar surface area (TPSA) is 93.1 Å². The summed E-state index contributed by atoms with van der Waals surface area (Å²) in [6.07, 6.45) is -1.14. The molecule has 0 aromatic heterocycles. The van der Waals surface area contributed by atoms with Gasteiger partial charge in [-0.15, -0.1) is 0 Å². The highest BCUT2D eigenvalue weighted by Gasteiger charge is 2.39. The van der Waals surface area contributed by atoms with Crippen LogP contribution in [0.2, 0.25) is 0 Å². The van der Waals surface area contributed by atoms with Crippen molar-refractivity contribution >= 4 is 16.2 Å². The van der Waals surface area contributed by atoms with Crippen LogP contribution in [0.25, 0.3) is 0 Å². The van der Waals surface area contributed by atoms with Crippen molar-refractivity contribution in [2.45, 2.75) is 37.0 Å². The van der Waals surface area contributed by atoms with E-state index in [9.17, 15) is 18.3 Å². The van der Waals surface area contributed by atoms with Crippen LogP contribution >= 0.6 is 0 Å². The van der Waals surface area contributed by atoms with Gasteiger partial charge in [0.15, 0.2) is 0 Å². The fourth-order valence-electron chi connectivity index (χ4n) is 3.08. The van der Waals surface area contributed by atoms with Gasteiger partial charge < -0.3 is 14.7 Å². The lowest BCUT2D eigenvalue weighted by molar-refractivity contribution is 0.0779. The fraction of sp³-hybridized carbons (Fsp3) is 0.350. The Bertz CT molecular complexity index is 898. The van der Waals surface area contributed by atoms with E-state index < -0.39 is 28.4 Å². The summed E-state index contributed by atoms with van der Waals surface area (Å²) in [6.45, 7) is 1.69. The third-order valence-corrected chi connectivity index (χ3v) is 5.97. The summed E-state index contributed by atoms with van der Waals surface area (Å²) in [5.74, 6) is 0. The quantitative estimate of drug-likeness (QED) is 0.742. The van der Waals surface area contributed by atoms with Gasteiger partial charge in [0.1, 0.15) is 6.61 Å². The number of aliphatic hydroxyl groups excluding tert-OH is 1. The minimum Gasteiger partial charge on any atom is -0.445 e. The SMILES string of the molecule is Cc1ccc(S(=O)(=O)OC2CC(CO)N(C(=O)OCc3ccccc3)C2)cc1. The Morgan fingerprint density at radius 1 is 1.14 bits per heavy atom. The number of benzene rings is 2. The van der Waals surface area contributed by atoms with Crippen molar-refractivity contribution < 1.29 is 27.2 Å². The maximum atomic E-state index is 12.5. The largest absolute Gasteiger partial charge is 0.445 e. The van der Waals surface area contributed by atoms with Crippen LogP contribution in [0.4, 0.5) is 4.79 Å². The molecule has 150 valence electrons. The lowest BCUT2D eigenvalue weighted by Gasteiger charge is -2.22. The van der Waals surface area contributed by atoms with Crippen LogP contribution in [-0.2, 0) is 25.6 Å². The molecule has 0 aliphatic carbocycles. The molecular weight excluding hydrogens is 382 g/mol. The van der Waals surface area contributed by atoms with Crippen LogP contribution in [0.5, 0.6) is 0 Å². The number of hydrogen-bond donors (Lipinski definition) is 1. The van der Waals surface area contributed by atoms with Crippen molar-refractivity contribution in [1.82, 2.24) is 4.90 Å². The lowest BCUT2D eigenvalue weighted by Crippen LogP contribution is -2.38. The Kier molecular flexibility index (Phi) is 6.33. The van der Waals surface area contributed by atoms with Crippen molar-refractivity contribution in [3.63, 3.8) is 0 Å². The molecule has 2 aromatic rings. The average molecular weight is 405 g/mol. The molecule has 0 saturated carbocycles. The Balaban J connectivity index is 1.62. The van der Waals surface area contributed by atoms with E-state index in [1.807, 2.05) is 37.3 Å². The predicted molar refractivity (Wildman–Crippen MR) is 102 cm³/mol. The smallest absolute Gasteiger partial charge is 0.410 e. The number of aryl methyl sites for hydroxylation is 1. The molecule has 1 saturated heterocycles. The van der Waals surface area contributed by atoms with Gasteiger partial charge in [0, 0.05) is 0 Å². The summed E-state index contributed by atoms with van der Waals surface area (Å²) in [6, 6.07) is 15.0. The summed E-state index contributed by atoms with van der Waals surface area (Å²) in [4.78, 5) is 13.8. The number of aliphatic hydroxyl groups is 1. The number of ether oxygens (including phenoxy) is 1. The molecule has 2 aromatic carbocycles. The molecule has 1 amide bonds. The maximum absolute atomic E-state index is 12.5. The summed E-state index contributed by atoms with van der Waals surface area (Å²) in [5, 5.41) is 9.58. The molecule has 3 rings (SSSR count). The van der Waals surface area contributed by atoms with Crippen LogP contribution in [-0.4, -0.2) is 49.8 Å². The summed E-state index contributed by atoms with van der Waals surface area (Å²) in [7, 11) is -3.96. The van der Waals surface area contributed by atoms with E-state index in [2.05, 4.69) is 0 Å². The second-order valence-corrected chi connectivity index (χ2v) is 8.32. The molecule has 0 radical (unpaired) electrons. The highest BCUT2D eigenvalue weighted by atomic mass is 32.2. The van der Waals surface area contributed by atoms with E-state index in [1.54, 1.807) is 12.1 Å². The van der Waals surface area contributed by atoms with Crippen molar-refractivity contribution in [3.05, 3.63) is 65.7 Å². The molecule has 1 N–H and O–H groups in total. The van der Waals surface area contributed by atoms with E-state index in [1.165, 1.54) is 17.0 Å². The predicted octanol–water partition coefficient (Wildman–Crippen LogP) is 2.47. The molecular formula is C20H23NO6S. The highest BCUT2D eigenvalue weighted by Crippen LogP contribution is 2.25. The van der Waals surface area contributed by atoms with Gasteiger partial charge in [0.05, 0.1) is 30.2 Å². The van der Waals surface area contributed by atoms with E-state index in [4.69, 9.17) is 8.92 Å². The molecule has 7 nitrogen and oxygen atoms in total. The molecule has 1 aliphatic rings. The van der Waals surface area contributed by atoms with Crippen LogP contribution in [0.3, 0.4) is 0 Å². The third-order valence-electron chi connectivity index (χ3n) is 4.60. The van der Waals surface area contributed by atoms with Crippen LogP contribution in [0.1, 0.15) is 17.5 Å². The normalized spacial score (nSPS) is 19.6.